The third-order valence-corrected chi connectivity index (χ3v) is 4.33. The number of fused-ring (bicyclic) bond motifs is 1. The van der Waals surface area contributed by atoms with E-state index in [-0.39, 0.29) is 0 Å². The molecule has 0 fully saturated rings. The smallest absolute Gasteiger partial charge is 0.255 e. The second kappa shape index (κ2) is 6.05. The summed E-state index contributed by atoms with van der Waals surface area (Å²) in [6, 6.07) is 12.1. The van der Waals surface area contributed by atoms with Gasteiger partial charge in [0.2, 0.25) is 5.82 Å². The van der Waals surface area contributed by atoms with Gasteiger partial charge in [0.25, 0.3) is 5.78 Å². The number of nitrogens with one attached hydrogen (secondary N) is 1. The average molecular weight is 333 g/mol. The van der Waals surface area contributed by atoms with Gasteiger partial charge in [-0.25, -0.2) is 4.98 Å². The van der Waals surface area contributed by atoms with Crippen molar-refractivity contribution in [2.24, 2.45) is 0 Å². The van der Waals surface area contributed by atoms with E-state index < -0.39 is 0 Å². The minimum Gasteiger partial charge on any atom is -0.461 e. The lowest BCUT2D eigenvalue weighted by Crippen LogP contribution is -2.06. The summed E-state index contributed by atoms with van der Waals surface area (Å²) in [4.78, 5) is 9.04. The Morgan fingerprint density at radius 2 is 1.88 bits per heavy atom. The number of nitrogens with zero attached hydrogens (tertiary/aromatic N) is 4. The van der Waals surface area contributed by atoms with E-state index >= 15 is 0 Å². The van der Waals surface area contributed by atoms with Gasteiger partial charge in [0, 0.05) is 16.9 Å². The molecule has 0 aliphatic carbocycles. The van der Waals surface area contributed by atoms with Crippen LogP contribution in [0.25, 0.3) is 17.4 Å². The number of anilines is 2. The minimum atomic E-state index is 0.520. The molecule has 0 bridgehead atoms. The monoisotopic (exact) mass is 333 g/mol. The van der Waals surface area contributed by atoms with Crippen molar-refractivity contribution < 1.29 is 4.42 Å². The third-order valence-electron chi connectivity index (χ3n) is 4.33. The van der Waals surface area contributed by atoms with Gasteiger partial charge in [-0.15, -0.1) is 5.10 Å². The van der Waals surface area contributed by atoms with Gasteiger partial charge >= 0.3 is 0 Å². The van der Waals surface area contributed by atoms with Gasteiger partial charge in [-0.1, -0.05) is 19.1 Å². The molecule has 1 aromatic carbocycles. The van der Waals surface area contributed by atoms with Crippen LogP contribution < -0.4 is 5.32 Å². The molecule has 126 valence electrons. The molecule has 1 N–H and O–H groups in total. The van der Waals surface area contributed by atoms with Crippen molar-refractivity contribution in [3.05, 3.63) is 59.5 Å². The molecule has 0 aliphatic rings. The normalized spacial score (nSPS) is 11.2. The summed E-state index contributed by atoms with van der Waals surface area (Å²) in [5.74, 6) is 2.55. The lowest BCUT2D eigenvalue weighted by atomic mass is 10.1. The van der Waals surface area contributed by atoms with Crippen molar-refractivity contribution in [3.63, 3.8) is 0 Å². The number of aryl methyl sites for hydroxylation is 2. The standard InChI is InChI=1S/C19H19N5O/c1-4-14-7-9-15(10-8-14)21-18-12(2)13(3)20-19-22-17(23-24(18)19)16-6-5-11-25-16/h5-11,21H,4H2,1-3H3. The summed E-state index contributed by atoms with van der Waals surface area (Å²) in [6.07, 6.45) is 2.63. The first-order valence-electron chi connectivity index (χ1n) is 8.29. The van der Waals surface area contributed by atoms with E-state index in [0.717, 1.165) is 29.2 Å². The van der Waals surface area contributed by atoms with Crippen LogP contribution >= 0.6 is 0 Å². The van der Waals surface area contributed by atoms with Gasteiger partial charge in [-0.2, -0.15) is 9.50 Å². The predicted molar refractivity (Wildman–Crippen MR) is 97.1 cm³/mol. The molecule has 0 unspecified atom stereocenters. The summed E-state index contributed by atoms with van der Waals surface area (Å²) >= 11 is 0. The molecule has 0 atom stereocenters. The Hall–Kier alpha value is -3.15. The second-order valence-electron chi connectivity index (χ2n) is 5.97. The summed E-state index contributed by atoms with van der Waals surface area (Å²) < 4.78 is 7.14. The Bertz CT molecular complexity index is 1020. The first-order valence-corrected chi connectivity index (χ1v) is 8.29. The van der Waals surface area contributed by atoms with Gasteiger partial charge < -0.3 is 9.73 Å². The Kier molecular flexibility index (Phi) is 3.72. The highest BCUT2D eigenvalue weighted by atomic mass is 16.3. The average Bonchev–Trinajstić information content (AvgIpc) is 3.28. The van der Waals surface area contributed by atoms with E-state index in [2.05, 4.69) is 51.6 Å². The molecule has 0 amide bonds. The Morgan fingerprint density at radius 1 is 1.08 bits per heavy atom. The maximum Gasteiger partial charge on any atom is 0.255 e. The van der Waals surface area contributed by atoms with Crippen molar-refractivity contribution in [2.45, 2.75) is 27.2 Å². The van der Waals surface area contributed by atoms with Gasteiger partial charge in [-0.3, -0.25) is 0 Å². The summed E-state index contributed by atoms with van der Waals surface area (Å²) in [5, 5.41) is 8.03. The maximum atomic E-state index is 5.41. The first kappa shape index (κ1) is 15.4. The predicted octanol–water partition coefficient (Wildman–Crippen LogP) is 4.31. The molecule has 4 rings (SSSR count). The molecule has 0 saturated heterocycles. The zero-order valence-electron chi connectivity index (χ0n) is 14.4. The molecular weight excluding hydrogens is 314 g/mol. The van der Waals surface area contributed by atoms with Crippen molar-refractivity contribution in [2.75, 3.05) is 5.32 Å². The Labute approximate surface area is 145 Å². The zero-order valence-corrected chi connectivity index (χ0v) is 14.4. The highest BCUT2D eigenvalue weighted by molar-refractivity contribution is 5.64. The summed E-state index contributed by atoms with van der Waals surface area (Å²) in [5.41, 5.74) is 4.25. The fourth-order valence-corrected chi connectivity index (χ4v) is 2.71. The Morgan fingerprint density at radius 3 is 2.56 bits per heavy atom. The van der Waals surface area contributed by atoms with Crippen LogP contribution in [-0.4, -0.2) is 19.6 Å². The number of aromatic nitrogens is 4. The highest BCUT2D eigenvalue weighted by Crippen LogP contribution is 2.25. The molecule has 6 nitrogen and oxygen atoms in total. The molecular formula is C19H19N5O. The number of furan rings is 1. The first-order chi connectivity index (χ1) is 12.2. The topological polar surface area (TPSA) is 68.2 Å². The van der Waals surface area contributed by atoms with Crippen LogP contribution in [0.3, 0.4) is 0 Å². The van der Waals surface area contributed by atoms with E-state index in [1.54, 1.807) is 10.8 Å². The molecule has 6 heteroatoms. The third kappa shape index (κ3) is 2.76. The van der Waals surface area contributed by atoms with Crippen molar-refractivity contribution >= 4 is 17.3 Å². The molecule has 3 aromatic heterocycles. The summed E-state index contributed by atoms with van der Waals surface area (Å²) in [6.45, 7) is 6.15. The number of benzene rings is 1. The van der Waals surface area contributed by atoms with Crippen LogP contribution in [0.2, 0.25) is 0 Å². The number of hydrogen-bond acceptors (Lipinski definition) is 5. The largest absolute Gasteiger partial charge is 0.461 e. The van der Waals surface area contributed by atoms with Gasteiger partial charge in [0.15, 0.2) is 5.76 Å². The quantitative estimate of drug-likeness (QED) is 0.603. The van der Waals surface area contributed by atoms with E-state index in [1.165, 1.54) is 5.56 Å². The van der Waals surface area contributed by atoms with Crippen LogP contribution in [0.4, 0.5) is 11.5 Å². The zero-order chi connectivity index (χ0) is 17.4. The molecule has 25 heavy (non-hydrogen) atoms. The van der Waals surface area contributed by atoms with Gasteiger partial charge in [0.1, 0.15) is 5.82 Å². The fourth-order valence-electron chi connectivity index (χ4n) is 2.71. The van der Waals surface area contributed by atoms with Crippen LogP contribution in [0.1, 0.15) is 23.7 Å². The van der Waals surface area contributed by atoms with Crippen LogP contribution in [-0.2, 0) is 6.42 Å². The molecule has 0 aliphatic heterocycles. The maximum absolute atomic E-state index is 5.41. The molecule has 0 radical (unpaired) electrons. The highest BCUT2D eigenvalue weighted by Gasteiger charge is 2.16. The van der Waals surface area contributed by atoms with Crippen LogP contribution in [0.15, 0.2) is 47.1 Å². The van der Waals surface area contributed by atoms with E-state index in [4.69, 9.17) is 4.42 Å². The fraction of sp³-hybridized carbons (Fsp3) is 0.211. The SMILES string of the molecule is CCc1ccc(Nc2c(C)c(C)nc3nc(-c4ccco4)nn23)cc1. The van der Waals surface area contributed by atoms with Crippen LogP contribution in [0.5, 0.6) is 0 Å². The molecule has 0 saturated carbocycles. The number of hydrogen-bond donors (Lipinski definition) is 1. The van der Waals surface area contributed by atoms with Crippen LogP contribution in [0, 0.1) is 13.8 Å². The van der Waals surface area contributed by atoms with E-state index in [0.29, 0.717) is 17.4 Å². The van der Waals surface area contributed by atoms with Crippen molar-refractivity contribution in [1.29, 1.82) is 0 Å². The summed E-state index contributed by atoms with van der Waals surface area (Å²) in [7, 11) is 0. The molecule has 0 spiro atoms. The van der Waals surface area contributed by atoms with Gasteiger partial charge in [-0.05, 0) is 50.1 Å². The lowest BCUT2D eigenvalue weighted by Gasteiger charge is -2.12. The number of rotatable bonds is 4. The van der Waals surface area contributed by atoms with E-state index in [9.17, 15) is 0 Å². The van der Waals surface area contributed by atoms with Crippen molar-refractivity contribution in [1.82, 2.24) is 19.6 Å². The second-order valence-corrected chi connectivity index (χ2v) is 5.97. The van der Waals surface area contributed by atoms with Crippen molar-refractivity contribution in [3.8, 4) is 11.6 Å². The van der Waals surface area contributed by atoms with Gasteiger partial charge in [0.05, 0.1) is 6.26 Å². The molecule has 4 aromatic rings. The Balaban J connectivity index is 1.81. The molecule has 3 heterocycles. The minimum absolute atomic E-state index is 0.520. The lowest BCUT2D eigenvalue weighted by molar-refractivity contribution is 0.577. The van der Waals surface area contributed by atoms with E-state index in [1.807, 2.05) is 26.0 Å².